The van der Waals surface area contributed by atoms with Crippen LogP contribution in [-0.4, -0.2) is 6.54 Å². The number of hydrogen-bond donors (Lipinski definition) is 1. The lowest BCUT2D eigenvalue weighted by Gasteiger charge is -2.26. The molecule has 1 aromatic heterocycles. The first-order valence-electron chi connectivity index (χ1n) is 7.28. The summed E-state index contributed by atoms with van der Waals surface area (Å²) in [6.07, 6.45) is 9.62. The van der Waals surface area contributed by atoms with Gasteiger partial charge in [-0.15, -0.1) is 11.3 Å². The Morgan fingerprint density at radius 2 is 2.11 bits per heavy atom. The lowest BCUT2D eigenvalue weighted by Crippen LogP contribution is -2.24. The normalized spacial score (nSPS) is 19.0. The van der Waals surface area contributed by atoms with Gasteiger partial charge in [0.1, 0.15) is 0 Å². The van der Waals surface area contributed by atoms with E-state index in [0.717, 1.165) is 16.8 Å². The van der Waals surface area contributed by atoms with Crippen molar-refractivity contribution in [3.63, 3.8) is 0 Å². The van der Waals surface area contributed by atoms with Gasteiger partial charge in [-0.2, -0.15) is 0 Å². The average Bonchev–Trinajstić information content (AvgIpc) is 2.82. The van der Waals surface area contributed by atoms with Gasteiger partial charge < -0.3 is 5.32 Å². The molecule has 1 aromatic rings. The summed E-state index contributed by atoms with van der Waals surface area (Å²) in [7, 11) is 0. The van der Waals surface area contributed by atoms with E-state index in [1.807, 2.05) is 6.07 Å². The minimum absolute atomic E-state index is 0.519. The maximum atomic E-state index is 6.07. The largest absolute Gasteiger partial charge is 0.309 e. The van der Waals surface area contributed by atoms with Crippen LogP contribution in [0.1, 0.15) is 62.8 Å². The van der Waals surface area contributed by atoms with Gasteiger partial charge in [-0.1, -0.05) is 50.6 Å². The second-order valence-corrected chi connectivity index (χ2v) is 7.13. The summed E-state index contributed by atoms with van der Waals surface area (Å²) in [6, 6.07) is 4.75. The van der Waals surface area contributed by atoms with Crippen molar-refractivity contribution in [1.29, 1.82) is 0 Å². The molecule has 18 heavy (non-hydrogen) atoms. The van der Waals surface area contributed by atoms with E-state index in [0.29, 0.717) is 6.04 Å². The highest BCUT2D eigenvalue weighted by molar-refractivity contribution is 7.16. The molecule has 2 rings (SSSR count). The van der Waals surface area contributed by atoms with Gasteiger partial charge in [-0.05, 0) is 37.4 Å². The van der Waals surface area contributed by atoms with E-state index in [1.54, 1.807) is 11.3 Å². The third-order valence-corrected chi connectivity index (χ3v) is 5.22. The van der Waals surface area contributed by atoms with Gasteiger partial charge in [-0.25, -0.2) is 0 Å². The molecule has 1 unspecified atom stereocenters. The maximum Gasteiger partial charge on any atom is 0.0931 e. The fraction of sp³-hybridized carbons (Fsp3) is 0.733. The summed E-state index contributed by atoms with van der Waals surface area (Å²) in [5.74, 6) is 0.911. The standard InChI is InChI=1S/C15H24ClNS/c1-2-10-17-13(14-8-9-15(16)18-14)11-12-6-4-3-5-7-12/h8-9,12-13,17H,2-7,10-11H2,1H3. The molecule has 1 saturated carbocycles. The van der Waals surface area contributed by atoms with Gasteiger partial charge in [0, 0.05) is 10.9 Å². The van der Waals surface area contributed by atoms with Crippen LogP contribution in [0.25, 0.3) is 0 Å². The fourth-order valence-corrected chi connectivity index (χ4v) is 4.04. The summed E-state index contributed by atoms with van der Waals surface area (Å²) in [6.45, 7) is 3.33. The summed E-state index contributed by atoms with van der Waals surface area (Å²) >= 11 is 7.81. The lowest BCUT2D eigenvalue weighted by atomic mass is 9.84. The molecule has 1 N–H and O–H groups in total. The van der Waals surface area contributed by atoms with Crippen LogP contribution in [0.5, 0.6) is 0 Å². The van der Waals surface area contributed by atoms with Crippen molar-refractivity contribution in [2.24, 2.45) is 5.92 Å². The van der Waals surface area contributed by atoms with Crippen molar-refractivity contribution in [1.82, 2.24) is 5.32 Å². The van der Waals surface area contributed by atoms with Gasteiger partial charge >= 0.3 is 0 Å². The molecule has 1 nitrogen and oxygen atoms in total. The third kappa shape index (κ3) is 4.25. The van der Waals surface area contributed by atoms with Crippen LogP contribution in [0, 0.1) is 5.92 Å². The van der Waals surface area contributed by atoms with Crippen molar-refractivity contribution in [2.75, 3.05) is 6.54 Å². The first kappa shape index (κ1) is 14.4. The van der Waals surface area contributed by atoms with E-state index in [1.165, 1.54) is 49.8 Å². The van der Waals surface area contributed by atoms with Crippen molar-refractivity contribution in [3.05, 3.63) is 21.3 Å². The van der Waals surface area contributed by atoms with Crippen molar-refractivity contribution in [2.45, 2.75) is 57.9 Å². The fourth-order valence-electron chi connectivity index (χ4n) is 2.89. The average molecular weight is 286 g/mol. The number of thiophene rings is 1. The monoisotopic (exact) mass is 285 g/mol. The maximum absolute atomic E-state index is 6.07. The quantitative estimate of drug-likeness (QED) is 0.736. The number of hydrogen-bond acceptors (Lipinski definition) is 2. The number of nitrogens with one attached hydrogen (secondary N) is 1. The second kappa shape index (κ2) is 7.52. The van der Waals surface area contributed by atoms with Gasteiger partial charge in [0.05, 0.1) is 4.34 Å². The molecule has 0 spiro atoms. The summed E-state index contributed by atoms with van der Waals surface area (Å²) < 4.78 is 0.914. The van der Waals surface area contributed by atoms with E-state index in [2.05, 4.69) is 18.3 Å². The Kier molecular flexibility index (Phi) is 6.00. The van der Waals surface area contributed by atoms with Gasteiger partial charge in [0.25, 0.3) is 0 Å². The first-order chi connectivity index (χ1) is 8.79. The second-order valence-electron chi connectivity index (χ2n) is 5.39. The Labute approximate surface area is 120 Å². The zero-order chi connectivity index (χ0) is 12.8. The Morgan fingerprint density at radius 1 is 1.33 bits per heavy atom. The Balaban J connectivity index is 1.95. The van der Waals surface area contributed by atoms with Crippen LogP contribution in [-0.2, 0) is 0 Å². The molecule has 102 valence electrons. The Morgan fingerprint density at radius 3 is 2.72 bits per heavy atom. The first-order valence-corrected chi connectivity index (χ1v) is 8.47. The summed E-state index contributed by atoms with van der Waals surface area (Å²) in [5, 5.41) is 3.70. The van der Waals surface area contributed by atoms with Crippen LogP contribution in [0.3, 0.4) is 0 Å². The van der Waals surface area contributed by atoms with Gasteiger partial charge in [0.15, 0.2) is 0 Å². The molecule has 0 aliphatic heterocycles. The van der Waals surface area contributed by atoms with Gasteiger partial charge in [-0.3, -0.25) is 0 Å². The van der Waals surface area contributed by atoms with E-state index < -0.39 is 0 Å². The Hall–Kier alpha value is -0.0500. The molecule has 1 aliphatic rings. The highest BCUT2D eigenvalue weighted by Gasteiger charge is 2.20. The van der Waals surface area contributed by atoms with E-state index >= 15 is 0 Å². The molecule has 1 atom stereocenters. The topological polar surface area (TPSA) is 12.0 Å². The molecule has 1 aliphatic carbocycles. The molecular weight excluding hydrogens is 262 g/mol. The highest BCUT2D eigenvalue weighted by atomic mass is 35.5. The minimum atomic E-state index is 0.519. The Bertz CT molecular complexity index is 344. The molecule has 0 amide bonds. The molecule has 3 heteroatoms. The molecule has 0 bridgehead atoms. The van der Waals surface area contributed by atoms with E-state index in [4.69, 9.17) is 11.6 Å². The minimum Gasteiger partial charge on any atom is -0.309 e. The van der Waals surface area contributed by atoms with Crippen molar-refractivity contribution >= 4 is 22.9 Å². The smallest absolute Gasteiger partial charge is 0.0931 e. The molecular formula is C15H24ClNS. The molecule has 0 aromatic carbocycles. The van der Waals surface area contributed by atoms with Crippen LogP contribution in [0.15, 0.2) is 12.1 Å². The summed E-state index contributed by atoms with van der Waals surface area (Å²) in [4.78, 5) is 1.42. The van der Waals surface area contributed by atoms with E-state index in [-0.39, 0.29) is 0 Å². The van der Waals surface area contributed by atoms with Gasteiger partial charge in [0.2, 0.25) is 0 Å². The zero-order valence-electron chi connectivity index (χ0n) is 11.3. The molecule has 0 saturated heterocycles. The predicted octanol–water partition coefficient (Wildman–Crippen LogP) is 5.41. The predicted molar refractivity (Wildman–Crippen MR) is 81.6 cm³/mol. The molecule has 1 heterocycles. The zero-order valence-corrected chi connectivity index (χ0v) is 12.8. The highest BCUT2D eigenvalue weighted by Crippen LogP contribution is 2.35. The number of halogens is 1. The van der Waals surface area contributed by atoms with Crippen LogP contribution >= 0.6 is 22.9 Å². The lowest BCUT2D eigenvalue weighted by molar-refractivity contribution is 0.301. The van der Waals surface area contributed by atoms with Crippen molar-refractivity contribution < 1.29 is 0 Å². The van der Waals surface area contributed by atoms with E-state index in [9.17, 15) is 0 Å². The molecule has 1 fully saturated rings. The van der Waals surface area contributed by atoms with Crippen LogP contribution < -0.4 is 5.32 Å². The van der Waals surface area contributed by atoms with Crippen molar-refractivity contribution in [3.8, 4) is 0 Å². The number of rotatable bonds is 6. The summed E-state index contributed by atoms with van der Waals surface area (Å²) in [5.41, 5.74) is 0. The van der Waals surface area contributed by atoms with Crippen LogP contribution in [0.4, 0.5) is 0 Å². The third-order valence-electron chi connectivity index (χ3n) is 3.87. The SMILES string of the molecule is CCCNC(CC1CCCCC1)c1ccc(Cl)s1. The van der Waals surface area contributed by atoms with Crippen LogP contribution in [0.2, 0.25) is 4.34 Å². The molecule has 0 radical (unpaired) electrons.